The number of rotatable bonds is 3. The number of benzene rings is 1. The van der Waals surface area contributed by atoms with Crippen LogP contribution in [0.4, 0.5) is 5.82 Å². The zero-order chi connectivity index (χ0) is 17.5. The van der Waals surface area contributed by atoms with Crippen molar-refractivity contribution in [2.75, 3.05) is 4.72 Å². The summed E-state index contributed by atoms with van der Waals surface area (Å²) in [7, 11) is -3.71. The van der Waals surface area contributed by atoms with E-state index in [0.717, 1.165) is 17.0 Å². The molecule has 0 saturated carbocycles. The van der Waals surface area contributed by atoms with Gasteiger partial charge in [-0.3, -0.25) is 4.72 Å². The maximum atomic E-state index is 12.5. The quantitative estimate of drug-likeness (QED) is 0.923. The van der Waals surface area contributed by atoms with Crippen molar-refractivity contribution in [2.24, 2.45) is 0 Å². The number of nitrogens with zero attached hydrogens (tertiary/aromatic N) is 2. The molecule has 128 valence electrons. The fourth-order valence-corrected chi connectivity index (χ4v) is 3.60. The van der Waals surface area contributed by atoms with Gasteiger partial charge in [-0.25, -0.2) is 8.42 Å². The van der Waals surface area contributed by atoms with Crippen LogP contribution >= 0.6 is 0 Å². The summed E-state index contributed by atoms with van der Waals surface area (Å²) in [6.45, 7) is 8.02. The van der Waals surface area contributed by atoms with Gasteiger partial charge >= 0.3 is 0 Å². The molecule has 0 amide bonds. The summed E-state index contributed by atoms with van der Waals surface area (Å²) in [5.41, 5.74) is 1.56. The standard InChI is InChI=1S/C17H21N3O3S/c1-11-9-12-10-13(5-6-14(12)23-11)24(21,22)20-16-8-7-15(18-19-16)17(2,3)4/h5-8,10-11H,9H2,1-4H3,(H,19,20). The number of fused-ring (bicyclic) bond motifs is 1. The molecule has 2 aromatic rings. The molecule has 1 aromatic heterocycles. The van der Waals surface area contributed by atoms with E-state index in [4.69, 9.17) is 4.74 Å². The molecule has 0 fully saturated rings. The Kier molecular flexibility index (Phi) is 3.99. The molecule has 2 heterocycles. The number of hydrogen-bond donors (Lipinski definition) is 1. The Morgan fingerprint density at radius 2 is 1.92 bits per heavy atom. The van der Waals surface area contributed by atoms with Gasteiger partial charge in [-0.15, -0.1) is 5.10 Å². The SMILES string of the molecule is CC1Cc2cc(S(=O)(=O)Nc3ccc(C(C)(C)C)nn3)ccc2O1. The summed E-state index contributed by atoms with van der Waals surface area (Å²) < 4.78 is 33.2. The van der Waals surface area contributed by atoms with E-state index in [1.165, 1.54) is 6.07 Å². The highest BCUT2D eigenvalue weighted by Crippen LogP contribution is 2.31. The van der Waals surface area contributed by atoms with Crippen LogP contribution in [0, 0.1) is 0 Å². The van der Waals surface area contributed by atoms with Crippen molar-refractivity contribution in [3.63, 3.8) is 0 Å². The van der Waals surface area contributed by atoms with E-state index in [1.807, 2.05) is 27.7 Å². The van der Waals surface area contributed by atoms with Gasteiger partial charge in [0.05, 0.1) is 10.6 Å². The van der Waals surface area contributed by atoms with E-state index in [2.05, 4.69) is 14.9 Å². The maximum Gasteiger partial charge on any atom is 0.263 e. The van der Waals surface area contributed by atoms with Crippen LogP contribution in [0.15, 0.2) is 35.2 Å². The molecule has 1 unspecified atom stereocenters. The first kappa shape index (κ1) is 16.7. The predicted octanol–water partition coefficient (Wildman–Crippen LogP) is 2.90. The van der Waals surface area contributed by atoms with Gasteiger partial charge in [0.1, 0.15) is 11.9 Å². The van der Waals surface area contributed by atoms with Crippen LogP contribution in [0.25, 0.3) is 0 Å². The molecule has 1 aromatic carbocycles. The lowest BCUT2D eigenvalue weighted by molar-refractivity contribution is 0.254. The Labute approximate surface area is 142 Å². The van der Waals surface area contributed by atoms with Gasteiger partial charge in [0.2, 0.25) is 0 Å². The second-order valence-electron chi connectivity index (χ2n) is 7.06. The minimum atomic E-state index is -3.71. The lowest BCUT2D eigenvalue weighted by Crippen LogP contribution is -2.17. The first-order valence-corrected chi connectivity index (χ1v) is 9.30. The Bertz CT molecular complexity index is 856. The van der Waals surface area contributed by atoms with E-state index in [0.29, 0.717) is 6.42 Å². The normalized spacial score (nSPS) is 17.2. The smallest absolute Gasteiger partial charge is 0.263 e. The Morgan fingerprint density at radius 3 is 2.54 bits per heavy atom. The molecule has 0 saturated heterocycles. The van der Waals surface area contributed by atoms with Crippen molar-refractivity contribution in [1.29, 1.82) is 0 Å². The second-order valence-corrected chi connectivity index (χ2v) is 8.74. The van der Waals surface area contributed by atoms with Crippen molar-refractivity contribution in [2.45, 2.75) is 50.5 Å². The van der Waals surface area contributed by atoms with Crippen LogP contribution in [-0.2, 0) is 21.9 Å². The minimum absolute atomic E-state index is 0.0710. The number of hydrogen-bond acceptors (Lipinski definition) is 5. The van der Waals surface area contributed by atoms with Crippen LogP contribution in [0.5, 0.6) is 5.75 Å². The first-order chi connectivity index (χ1) is 11.1. The van der Waals surface area contributed by atoms with E-state index in [-0.39, 0.29) is 22.2 Å². The fourth-order valence-electron chi connectivity index (χ4n) is 2.55. The van der Waals surface area contributed by atoms with E-state index in [1.54, 1.807) is 24.3 Å². The van der Waals surface area contributed by atoms with Gasteiger partial charge in [-0.05, 0) is 42.8 Å². The number of anilines is 1. The average Bonchev–Trinajstić information content (AvgIpc) is 2.85. The summed E-state index contributed by atoms with van der Waals surface area (Å²) in [5, 5.41) is 8.07. The Morgan fingerprint density at radius 1 is 1.17 bits per heavy atom. The van der Waals surface area contributed by atoms with Gasteiger partial charge in [0.25, 0.3) is 10.0 Å². The van der Waals surface area contributed by atoms with E-state index >= 15 is 0 Å². The molecule has 1 atom stereocenters. The van der Waals surface area contributed by atoms with Gasteiger partial charge in [0, 0.05) is 11.8 Å². The molecule has 1 N–H and O–H groups in total. The van der Waals surface area contributed by atoms with Crippen LogP contribution in [-0.4, -0.2) is 24.7 Å². The summed E-state index contributed by atoms with van der Waals surface area (Å²) >= 11 is 0. The number of sulfonamides is 1. The largest absolute Gasteiger partial charge is 0.490 e. The monoisotopic (exact) mass is 347 g/mol. The number of nitrogens with one attached hydrogen (secondary N) is 1. The van der Waals surface area contributed by atoms with Gasteiger partial charge in [-0.2, -0.15) is 5.10 Å². The molecule has 7 heteroatoms. The maximum absolute atomic E-state index is 12.5. The topological polar surface area (TPSA) is 81.2 Å². The summed E-state index contributed by atoms with van der Waals surface area (Å²) in [6.07, 6.45) is 0.778. The molecule has 1 aliphatic rings. The number of ether oxygens (including phenoxy) is 1. The third-order valence-corrected chi connectivity index (χ3v) is 5.20. The van der Waals surface area contributed by atoms with Gasteiger partial charge < -0.3 is 4.74 Å². The molecular weight excluding hydrogens is 326 g/mol. The average molecular weight is 347 g/mol. The van der Waals surface area contributed by atoms with Gasteiger partial charge in [0.15, 0.2) is 5.82 Å². The molecule has 0 spiro atoms. The molecule has 0 aliphatic carbocycles. The first-order valence-electron chi connectivity index (χ1n) is 7.82. The van der Waals surface area contributed by atoms with Crippen LogP contribution in [0.2, 0.25) is 0 Å². The fraction of sp³-hybridized carbons (Fsp3) is 0.412. The Balaban J connectivity index is 1.83. The lowest BCUT2D eigenvalue weighted by Gasteiger charge is -2.16. The van der Waals surface area contributed by atoms with Crippen molar-refractivity contribution in [1.82, 2.24) is 10.2 Å². The number of aromatic nitrogens is 2. The molecule has 24 heavy (non-hydrogen) atoms. The lowest BCUT2D eigenvalue weighted by atomic mass is 9.92. The molecule has 1 aliphatic heterocycles. The molecule has 6 nitrogen and oxygen atoms in total. The minimum Gasteiger partial charge on any atom is -0.490 e. The zero-order valence-electron chi connectivity index (χ0n) is 14.2. The molecular formula is C17H21N3O3S. The third kappa shape index (κ3) is 3.36. The van der Waals surface area contributed by atoms with Crippen LogP contribution in [0.1, 0.15) is 39.0 Å². The summed E-state index contributed by atoms with van der Waals surface area (Å²) in [6, 6.07) is 8.29. The summed E-state index contributed by atoms with van der Waals surface area (Å²) in [5.74, 6) is 0.948. The van der Waals surface area contributed by atoms with Crippen molar-refractivity contribution >= 4 is 15.8 Å². The van der Waals surface area contributed by atoms with Crippen molar-refractivity contribution in [3.05, 3.63) is 41.6 Å². The highest BCUT2D eigenvalue weighted by Gasteiger charge is 2.23. The third-order valence-electron chi connectivity index (χ3n) is 3.85. The highest BCUT2D eigenvalue weighted by molar-refractivity contribution is 7.92. The van der Waals surface area contributed by atoms with Crippen LogP contribution in [0.3, 0.4) is 0 Å². The molecule has 0 radical (unpaired) electrons. The van der Waals surface area contributed by atoms with E-state index < -0.39 is 10.0 Å². The van der Waals surface area contributed by atoms with Crippen LogP contribution < -0.4 is 9.46 Å². The molecule has 3 rings (SSSR count). The molecule has 0 bridgehead atoms. The second kappa shape index (κ2) is 5.73. The van der Waals surface area contributed by atoms with Gasteiger partial charge in [-0.1, -0.05) is 20.8 Å². The zero-order valence-corrected chi connectivity index (χ0v) is 15.0. The van der Waals surface area contributed by atoms with Crippen molar-refractivity contribution in [3.8, 4) is 5.75 Å². The predicted molar refractivity (Wildman–Crippen MR) is 91.8 cm³/mol. The highest BCUT2D eigenvalue weighted by atomic mass is 32.2. The Hall–Kier alpha value is -2.15. The van der Waals surface area contributed by atoms with Crippen molar-refractivity contribution < 1.29 is 13.2 Å². The summed E-state index contributed by atoms with van der Waals surface area (Å²) in [4.78, 5) is 0.195. The van der Waals surface area contributed by atoms with E-state index in [9.17, 15) is 8.42 Å².